The van der Waals surface area contributed by atoms with Crippen LogP contribution in [0, 0.1) is 11.8 Å². The maximum Gasteiger partial charge on any atom is 0.00642 e. The topological polar surface area (TPSA) is 27.3 Å². The second-order valence-corrected chi connectivity index (χ2v) is 6.42. The van der Waals surface area contributed by atoms with Gasteiger partial charge in [0.15, 0.2) is 0 Å². The van der Waals surface area contributed by atoms with Gasteiger partial charge in [0.1, 0.15) is 0 Å². The van der Waals surface area contributed by atoms with E-state index in [-0.39, 0.29) is 0 Å². The van der Waals surface area contributed by atoms with Crippen molar-refractivity contribution in [1.82, 2.24) is 15.5 Å². The molecule has 0 aromatic carbocycles. The third-order valence-corrected chi connectivity index (χ3v) is 4.91. The zero-order valence-corrected chi connectivity index (χ0v) is 12.3. The zero-order chi connectivity index (χ0) is 12.8. The van der Waals surface area contributed by atoms with Crippen LogP contribution in [-0.2, 0) is 0 Å². The van der Waals surface area contributed by atoms with E-state index < -0.39 is 0 Å². The van der Waals surface area contributed by atoms with Gasteiger partial charge >= 0.3 is 0 Å². The minimum absolute atomic E-state index is 0.787. The molecule has 2 fully saturated rings. The van der Waals surface area contributed by atoms with Gasteiger partial charge in [-0.3, -0.25) is 0 Å². The van der Waals surface area contributed by atoms with Crippen molar-refractivity contribution in [2.45, 2.75) is 44.6 Å². The Kier molecular flexibility index (Phi) is 5.93. The Bertz CT molecular complexity index is 224. The quantitative estimate of drug-likeness (QED) is 0.706. The first-order chi connectivity index (χ1) is 8.78. The third-order valence-electron chi connectivity index (χ3n) is 4.91. The van der Waals surface area contributed by atoms with Gasteiger partial charge in [0.2, 0.25) is 0 Å². The lowest BCUT2D eigenvalue weighted by Gasteiger charge is -2.28. The van der Waals surface area contributed by atoms with Crippen LogP contribution in [0.1, 0.15) is 38.5 Å². The van der Waals surface area contributed by atoms with E-state index in [0.717, 1.165) is 17.9 Å². The highest BCUT2D eigenvalue weighted by Gasteiger charge is 2.20. The summed E-state index contributed by atoms with van der Waals surface area (Å²) in [6.07, 6.45) is 8.34. The van der Waals surface area contributed by atoms with Crippen LogP contribution in [0.25, 0.3) is 0 Å². The normalized spacial score (nSPS) is 34.0. The summed E-state index contributed by atoms with van der Waals surface area (Å²) in [5, 5.41) is 7.10. The van der Waals surface area contributed by atoms with E-state index in [4.69, 9.17) is 0 Å². The van der Waals surface area contributed by atoms with E-state index in [2.05, 4.69) is 29.6 Å². The Morgan fingerprint density at radius 2 is 1.83 bits per heavy atom. The van der Waals surface area contributed by atoms with Crippen molar-refractivity contribution < 1.29 is 0 Å². The summed E-state index contributed by atoms with van der Waals surface area (Å²) in [6.45, 7) is 5.09. The molecule has 2 N–H and O–H groups in total. The molecule has 2 aliphatic rings. The molecule has 0 amide bonds. The molecule has 0 radical (unpaired) electrons. The first kappa shape index (κ1) is 14.3. The molecule has 1 heterocycles. The van der Waals surface area contributed by atoms with Gasteiger partial charge in [0.25, 0.3) is 0 Å². The minimum atomic E-state index is 0.787. The maximum absolute atomic E-state index is 3.69. The van der Waals surface area contributed by atoms with Crippen LogP contribution >= 0.6 is 0 Å². The monoisotopic (exact) mass is 253 g/mol. The van der Waals surface area contributed by atoms with Crippen LogP contribution < -0.4 is 10.6 Å². The summed E-state index contributed by atoms with van der Waals surface area (Å²) < 4.78 is 0. The fourth-order valence-electron chi connectivity index (χ4n) is 3.53. The van der Waals surface area contributed by atoms with Crippen LogP contribution in [0.3, 0.4) is 0 Å². The zero-order valence-electron chi connectivity index (χ0n) is 12.3. The number of hydrogen-bond donors (Lipinski definition) is 2. The van der Waals surface area contributed by atoms with E-state index in [1.54, 1.807) is 0 Å². The highest BCUT2D eigenvalue weighted by Crippen LogP contribution is 2.23. The molecule has 106 valence electrons. The summed E-state index contributed by atoms with van der Waals surface area (Å²) in [4.78, 5) is 2.46. The highest BCUT2D eigenvalue weighted by atomic mass is 15.1. The molecule has 1 atom stereocenters. The fraction of sp³-hybridized carbons (Fsp3) is 1.00. The molecule has 0 aromatic heterocycles. The van der Waals surface area contributed by atoms with Gasteiger partial charge in [-0.25, -0.2) is 0 Å². The second kappa shape index (κ2) is 7.46. The number of nitrogens with one attached hydrogen (secondary N) is 2. The Hall–Kier alpha value is -0.120. The number of rotatable bonds is 6. The molecular formula is C15H31N3. The average Bonchev–Trinajstić information content (AvgIpc) is 2.81. The van der Waals surface area contributed by atoms with E-state index in [1.165, 1.54) is 64.7 Å². The van der Waals surface area contributed by atoms with Crippen molar-refractivity contribution in [3.05, 3.63) is 0 Å². The van der Waals surface area contributed by atoms with Gasteiger partial charge in [-0.2, -0.15) is 0 Å². The van der Waals surface area contributed by atoms with Crippen LogP contribution in [0.4, 0.5) is 0 Å². The first-order valence-corrected chi connectivity index (χ1v) is 7.84. The first-order valence-electron chi connectivity index (χ1n) is 7.84. The molecule has 0 bridgehead atoms. The number of hydrogen-bond acceptors (Lipinski definition) is 3. The molecule has 1 saturated heterocycles. The standard InChI is InChI=1S/C15H31N3/c1-16-15-5-3-13(4-6-15)11-17-9-7-14-8-10-18(2)12-14/h13-17H,3-12H2,1-2H3. The van der Waals surface area contributed by atoms with Gasteiger partial charge in [-0.15, -0.1) is 0 Å². The average molecular weight is 253 g/mol. The van der Waals surface area contributed by atoms with Crippen LogP contribution in [0.5, 0.6) is 0 Å². The van der Waals surface area contributed by atoms with E-state index in [0.29, 0.717) is 0 Å². The van der Waals surface area contributed by atoms with Gasteiger partial charge < -0.3 is 15.5 Å². The third kappa shape index (κ3) is 4.52. The predicted molar refractivity (Wildman–Crippen MR) is 77.9 cm³/mol. The van der Waals surface area contributed by atoms with E-state index in [1.807, 2.05) is 0 Å². The molecule has 0 spiro atoms. The molecule has 18 heavy (non-hydrogen) atoms. The molecular weight excluding hydrogens is 222 g/mol. The van der Waals surface area contributed by atoms with Crippen molar-refractivity contribution in [3.63, 3.8) is 0 Å². The van der Waals surface area contributed by atoms with Crippen molar-refractivity contribution in [2.75, 3.05) is 40.3 Å². The Balaban J connectivity index is 1.48. The SMILES string of the molecule is CNC1CCC(CNCCC2CCN(C)C2)CC1. The van der Waals surface area contributed by atoms with Gasteiger partial charge in [0, 0.05) is 12.6 Å². The van der Waals surface area contributed by atoms with E-state index >= 15 is 0 Å². The maximum atomic E-state index is 3.69. The fourth-order valence-corrected chi connectivity index (χ4v) is 3.53. The highest BCUT2D eigenvalue weighted by molar-refractivity contribution is 4.78. The lowest BCUT2D eigenvalue weighted by atomic mass is 9.86. The molecule has 3 heteroatoms. The van der Waals surface area contributed by atoms with Crippen LogP contribution in [-0.4, -0.2) is 51.2 Å². The molecule has 2 rings (SSSR count). The molecule has 1 unspecified atom stereocenters. The van der Waals surface area contributed by atoms with Gasteiger partial charge in [-0.05, 0) is 84.1 Å². The Labute approximate surface area is 113 Å². The summed E-state index contributed by atoms with van der Waals surface area (Å²) in [5.74, 6) is 1.88. The number of nitrogens with zero attached hydrogens (tertiary/aromatic N) is 1. The molecule has 1 saturated carbocycles. The largest absolute Gasteiger partial charge is 0.317 e. The predicted octanol–water partition coefficient (Wildman–Crippen LogP) is 1.70. The lowest BCUT2D eigenvalue weighted by Crippen LogP contribution is -2.34. The molecule has 0 aromatic rings. The molecule has 1 aliphatic heterocycles. The molecule has 3 nitrogen and oxygen atoms in total. The summed E-state index contributed by atoms with van der Waals surface area (Å²) in [7, 11) is 4.34. The summed E-state index contributed by atoms with van der Waals surface area (Å²) >= 11 is 0. The van der Waals surface area contributed by atoms with Gasteiger partial charge in [-0.1, -0.05) is 0 Å². The molecule has 1 aliphatic carbocycles. The van der Waals surface area contributed by atoms with Crippen molar-refractivity contribution in [3.8, 4) is 0 Å². The summed E-state index contributed by atoms with van der Waals surface area (Å²) in [5.41, 5.74) is 0. The lowest BCUT2D eigenvalue weighted by molar-refractivity contribution is 0.290. The van der Waals surface area contributed by atoms with Crippen LogP contribution in [0.2, 0.25) is 0 Å². The van der Waals surface area contributed by atoms with Crippen molar-refractivity contribution in [1.29, 1.82) is 0 Å². The van der Waals surface area contributed by atoms with Gasteiger partial charge in [0.05, 0.1) is 0 Å². The van der Waals surface area contributed by atoms with Crippen molar-refractivity contribution >= 4 is 0 Å². The minimum Gasteiger partial charge on any atom is -0.317 e. The smallest absolute Gasteiger partial charge is 0.00642 e. The Morgan fingerprint density at radius 1 is 1.06 bits per heavy atom. The number of likely N-dealkylation sites (tertiary alicyclic amines) is 1. The van der Waals surface area contributed by atoms with Crippen molar-refractivity contribution in [2.24, 2.45) is 11.8 Å². The second-order valence-electron chi connectivity index (χ2n) is 6.42. The Morgan fingerprint density at radius 3 is 2.44 bits per heavy atom. The van der Waals surface area contributed by atoms with E-state index in [9.17, 15) is 0 Å². The summed E-state index contributed by atoms with van der Waals surface area (Å²) in [6, 6.07) is 0.787. The van der Waals surface area contributed by atoms with Crippen LogP contribution in [0.15, 0.2) is 0 Å².